The topological polar surface area (TPSA) is 42.3 Å². The number of carbonyl (C=O) groups is 2. The van der Waals surface area contributed by atoms with Gasteiger partial charge < -0.3 is 9.47 Å². The molecule has 1 unspecified atom stereocenters. The zero-order chi connectivity index (χ0) is 16.2. The van der Waals surface area contributed by atoms with Crippen molar-refractivity contribution in [2.45, 2.75) is 53.0 Å². The zero-order valence-electron chi connectivity index (χ0n) is 13.6. The van der Waals surface area contributed by atoms with Crippen molar-refractivity contribution in [3.8, 4) is 0 Å². The average Bonchev–Trinajstić information content (AvgIpc) is 2.72. The Balaban J connectivity index is 2.86. The molecule has 118 valence electrons. The largest absolute Gasteiger partial charge is 0.348 e. The molecule has 21 heavy (non-hydrogen) atoms. The van der Waals surface area contributed by atoms with Gasteiger partial charge in [0.1, 0.15) is 0 Å². The number of aromatic nitrogens is 1. The van der Waals surface area contributed by atoms with E-state index < -0.39 is 5.38 Å². The molecule has 1 aromatic rings. The summed E-state index contributed by atoms with van der Waals surface area (Å²) in [6.07, 6.45) is 0.447. The standard InChI is InChI=1S/C16H25ClN2O2/c1-6-18(7-2)15(20)8-9-19-11(3)10-14(13(19)5)16(21)12(4)17/h10,12H,6-9H2,1-5H3. The molecule has 0 aromatic carbocycles. The first-order valence-corrected chi connectivity index (χ1v) is 7.89. The van der Waals surface area contributed by atoms with Gasteiger partial charge in [-0.05, 0) is 40.7 Å². The predicted octanol–water partition coefficient (Wildman–Crippen LogP) is 3.17. The van der Waals surface area contributed by atoms with Crippen LogP contribution in [0, 0.1) is 13.8 Å². The van der Waals surface area contributed by atoms with Crippen LogP contribution < -0.4 is 0 Å². The van der Waals surface area contributed by atoms with Crippen molar-refractivity contribution in [2.75, 3.05) is 13.1 Å². The molecule has 1 atom stereocenters. The molecule has 4 nitrogen and oxygen atoms in total. The van der Waals surface area contributed by atoms with E-state index in [2.05, 4.69) is 0 Å². The minimum absolute atomic E-state index is 0.0638. The first-order chi connectivity index (χ1) is 9.83. The van der Waals surface area contributed by atoms with E-state index in [-0.39, 0.29) is 11.7 Å². The molecule has 0 aliphatic carbocycles. The number of Topliss-reactive ketones (excluding diaryl/α,β-unsaturated/α-hetero) is 1. The lowest BCUT2D eigenvalue weighted by atomic mass is 10.1. The monoisotopic (exact) mass is 312 g/mol. The van der Waals surface area contributed by atoms with Crippen LogP contribution >= 0.6 is 11.6 Å². The van der Waals surface area contributed by atoms with Gasteiger partial charge in [-0.25, -0.2) is 0 Å². The number of hydrogen-bond donors (Lipinski definition) is 0. The molecule has 0 bridgehead atoms. The number of carbonyl (C=O) groups excluding carboxylic acids is 2. The summed E-state index contributed by atoms with van der Waals surface area (Å²) in [5, 5.41) is -0.531. The number of amides is 1. The SMILES string of the molecule is CCN(CC)C(=O)CCn1c(C)cc(C(=O)C(C)Cl)c1C. The second kappa shape index (κ2) is 7.64. The minimum Gasteiger partial charge on any atom is -0.348 e. The van der Waals surface area contributed by atoms with Crippen LogP contribution in [0.1, 0.15) is 48.9 Å². The molecule has 1 heterocycles. The van der Waals surface area contributed by atoms with E-state index in [1.54, 1.807) is 6.92 Å². The summed E-state index contributed by atoms with van der Waals surface area (Å²) in [5.74, 6) is 0.0807. The van der Waals surface area contributed by atoms with Gasteiger partial charge in [0.15, 0.2) is 5.78 Å². The number of nitrogens with zero attached hydrogens (tertiary/aromatic N) is 2. The molecule has 0 radical (unpaired) electrons. The number of aryl methyl sites for hydroxylation is 1. The Morgan fingerprint density at radius 1 is 1.29 bits per heavy atom. The Bertz CT molecular complexity index is 517. The lowest BCUT2D eigenvalue weighted by Crippen LogP contribution is -2.31. The van der Waals surface area contributed by atoms with Crippen LogP contribution in [0.2, 0.25) is 0 Å². The van der Waals surface area contributed by atoms with E-state index in [1.165, 1.54) is 0 Å². The second-order valence-electron chi connectivity index (χ2n) is 5.23. The van der Waals surface area contributed by atoms with Crippen LogP contribution in [0.5, 0.6) is 0 Å². The van der Waals surface area contributed by atoms with Crippen molar-refractivity contribution in [1.82, 2.24) is 9.47 Å². The molecule has 5 heteroatoms. The molecule has 0 aliphatic rings. The summed E-state index contributed by atoms with van der Waals surface area (Å²) < 4.78 is 2.02. The van der Waals surface area contributed by atoms with E-state index in [9.17, 15) is 9.59 Å². The molecule has 1 amide bonds. The maximum absolute atomic E-state index is 12.1. The molecule has 0 aliphatic heterocycles. The highest BCUT2D eigenvalue weighted by Crippen LogP contribution is 2.19. The van der Waals surface area contributed by atoms with Gasteiger partial charge >= 0.3 is 0 Å². The van der Waals surface area contributed by atoms with Gasteiger partial charge in [-0.1, -0.05) is 0 Å². The number of halogens is 1. The van der Waals surface area contributed by atoms with Gasteiger partial charge in [0.2, 0.25) is 5.91 Å². The third kappa shape index (κ3) is 4.10. The molecule has 0 spiro atoms. The summed E-state index contributed by atoms with van der Waals surface area (Å²) in [6, 6.07) is 1.86. The quantitative estimate of drug-likeness (QED) is 0.573. The maximum atomic E-state index is 12.1. The summed E-state index contributed by atoms with van der Waals surface area (Å²) in [5.41, 5.74) is 2.53. The van der Waals surface area contributed by atoms with Crippen LogP contribution in [0.15, 0.2) is 6.07 Å². The van der Waals surface area contributed by atoms with Crippen LogP contribution in [0.4, 0.5) is 0 Å². The molecular formula is C16H25ClN2O2. The summed E-state index contributed by atoms with van der Waals surface area (Å²) in [6.45, 7) is 11.5. The van der Waals surface area contributed by atoms with Gasteiger partial charge in [0.05, 0.1) is 5.38 Å². The van der Waals surface area contributed by atoms with Gasteiger partial charge in [-0.3, -0.25) is 9.59 Å². The molecule has 1 aromatic heterocycles. The van der Waals surface area contributed by atoms with Crippen molar-refractivity contribution in [3.63, 3.8) is 0 Å². The Morgan fingerprint density at radius 2 is 1.86 bits per heavy atom. The van der Waals surface area contributed by atoms with Crippen molar-refractivity contribution in [2.24, 2.45) is 0 Å². The van der Waals surface area contributed by atoms with Crippen molar-refractivity contribution in [1.29, 1.82) is 0 Å². The third-order valence-electron chi connectivity index (χ3n) is 3.87. The maximum Gasteiger partial charge on any atom is 0.224 e. The van der Waals surface area contributed by atoms with E-state index in [1.807, 2.05) is 43.2 Å². The molecule has 0 saturated heterocycles. The molecular weight excluding hydrogens is 288 g/mol. The highest BCUT2D eigenvalue weighted by molar-refractivity contribution is 6.33. The fraction of sp³-hybridized carbons (Fsp3) is 0.625. The predicted molar refractivity (Wildman–Crippen MR) is 86.1 cm³/mol. The fourth-order valence-electron chi connectivity index (χ4n) is 2.55. The highest BCUT2D eigenvalue weighted by atomic mass is 35.5. The normalized spacial score (nSPS) is 12.3. The average molecular weight is 313 g/mol. The lowest BCUT2D eigenvalue weighted by Gasteiger charge is -2.19. The Labute approximate surface area is 132 Å². The van der Waals surface area contributed by atoms with E-state index >= 15 is 0 Å². The summed E-state index contributed by atoms with van der Waals surface area (Å²) in [4.78, 5) is 25.9. The molecule has 0 N–H and O–H groups in total. The Morgan fingerprint density at radius 3 is 2.33 bits per heavy atom. The zero-order valence-corrected chi connectivity index (χ0v) is 14.3. The molecule has 0 saturated carbocycles. The van der Waals surface area contributed by atoms with Gasteiger partial charge in [-0.15, -0.1) is 11.6 Å². The van der Waals surface area contributed by atoms with Crippen LogP contribution in [-0.4, -0.2) is 39.6 Å². The van der Waals surface area contributed by atoms with Crippen molar-refractivity contribution >= 4 is 23.3 Å². The van der Waals surface area contributed by atoms with E-state index in [4.69, 9.17) is 11.6 Å². The Hall–Kier alpha value is -1.29. The number of hydrogen-bond acceptors (Lipinski definition) is 2. The lowest BCUT2D eigenvalue weighted by molar-refractivity contribution is -0.131. The summed E-state index contributed by atoms with van der Waals surface area (Å²) in [7, 11) is 0. The van der Waals surface area contributed by atoms with Crippen molar-refractivity contribution in [3.05, 3.63) is 23.0 Å². The number of alkyl halides is 1. The fourth-order valence-corrected chi connectivity index (χ4v) is 2.67. The highest BCUT2D eigenvalue weighted by Gasteiger charge is 2.20. The Kier molecular flexibility index (Phi) is 6.46. The van der Waals surface area contributed by atoms with Gasteiger partial charge in [-0.2, -0.15) is 0 Å². The number of rotatable bonds is 7. The smallest absolute Gasteiger partial charge is 0.224 e. The summed E-state index contributed by atoms with van der Waals surface area (Å²) >= 11 is 5.88. The van der Waals surface area contributed by atoms with E-state index in [0.29, 0.717) is 18.5 Å². The van der Waals surface area contributed by atoms with Gasteiger partial charge in [0, 0.05) is 43.0 Å². The van der Waals surface area contributed by atoms with E-state index in [0.717, 1.165) is 24.5 Å². The minimum atomic E-state index is -0.531. The molecule has 0 fully saturated rings. The first kappa shape index (κ1) is 17.8. The van der Waals surface area contributed by atoms with Gasteiger partial charge in [0.25, 0.3) is 0 Å². The third-order valence-corrected chi connectivity index (χ3v) is 4.06. The van der Waals surface area contributed by atoms with Crippen LogP contribution in [-0.2, 0) is 11.3 Å². The number of ketones is 1. The first-order valence-electron chi connectivity index (χ1n) is 7.46. The van der Waals surface area contributed by atoms with Crippen LogP contribution in [0.25, 0.3) is 0 Å². The van der Waals surface area contributed by atoms with Crippen LogP contribution in [0.3, 0.4) is 0 Å². The molecule has 1 rings (SSSR count). The van der Waals surface area contributed by atoms with Crippen molar-refractivity contribution < 1.29 is 9.59 Å². The second-order valence-corrected chi connectivity index (χ2v) is 5.89.